The molecule has 0 spiro atoms. The molecule has 0 saturated carbocycles. The van der Waals surface area contributed by atoms with E-state index in [2.05, 4.69) is 24.0 Å². The smallest absolute Gasteiger partial charge is 0.168 e. The van der Waals surface area contributed by atoms with E-state index in [0.717, 1.165) is 22.6 Å². The van der Waals surface area contributed by atoms with Crippen molar-refractivity contribution < 1.29 is 4.79 Å². The van der Waals surface area contributed by atoms with Crippen molar-refractivity contribution in [2.45, 2.75) is 26.7 Å². The highest BCUT2D eigenvalue weighted by Crippen LogP contribution is 2.19. The van der Waals surface area contributed by atoms with Crippen LogP contribution in [0.15, 0.2) is 30.5 Å². The zero-order valence-electron chi connectivity index (χ0n) is 10.1. The molecule has 2 heterocycles. The predicted molar refractivity (Wildman–Crippen MR) is 70.7 cm³/mol. The van der Waals surface area contributed by atoms with Gasteiger partial charge in [0.25, 0.3) is 0 Å². The second-order valence-electron chi connectivity index (χ2n) is 4.01. The highest BCUT2D eigenvalue weighted by molar-refractivity contribution is 7.12. The van der Waals surface area contributed by atoms with Gasteiger partial charge in [0.1, 0.15) is 0 Å². The zero-order valence-corrected chi connectivity index (χ0v) is 10.9. The number of pyridine rings is 1. The van der Waals surface area contributed by atoms with Crippen LogP contribution in [-0.4, -0.2) is 10.8 Å². The quantitative estimate of drug-likeness (QED) is 0.772. The summed E-state index contributed by atoms with van der Waals surface area (Å²) in [5, 5.41) is 0. The third-order valence-electron chi connectivity index (χ3n) is 2.62. The monoisotopic (exact) mass is 245 g/mol. The predicted octanol–water partition coefficient (Wildman–Crippen LogP) is 3.44. The van der Waals surface area contributed by atoms with E-state index in [0.29, 0.717) is 6.42 Å². The second-order valence-corrected chi connectivity index (χ2v) is 5.26. The molecule has 0 atom stereocenters. The van der Waals surface area contributed by atoms with E-state index in [1.807, 2.05) is 13.0 Å². The van der Waals surface area contributed by atoms with Crippen molar-refractivity contribution in [1.82, 2.24) is 4.98 Å². The van der Waals surface area contributed by atoms with Gasteiger partial charge in [0.2, 0.25) is 0 Å². The molecule has 3 heteroatoms. The van der Waals surface area contributed by atoms with Gasteiger partial charge in [-0.2, -0.15) is 0 Å². The first-order chi connectivity index (χ1) is 8.19. The number of aromatic nitrogens is 1. The van der Waals surface area contributed by atoms with Crippen LogP contribution in [0.3, 0.4) is 0 Å². The first-order valence-corrected chi connectivity index (χ1v) is 6.54. The van der Waals surface area contributed by atoms with E-state index in [-0.39, 0.29) is 5.78 Å². The SMILES string of the molecule is CCc1ccc(CC(=O)c2ccnc(C)c2)s1. The Morgan fingerprint density at radius 2 is 2.06 bits per heavy atom. The molecule has 88 valence electrons. The number of thiophene rings is 1. The standard InChI is InChI=1S/C14H15NOS/c1-3-12-4-5-13(17-12)9-14(16)11-6-7-15-10(2)8-11/h4-8H,3,9H2,1-2H3. The summed E-state index contributed by atoms with van der Waals surface area (Å²) < 4.78 is 0. The Kier molecular flexibility index (Phi) is 3.69. The molecule has 0 aliphatic rings. The van der Waals surface area contributed by atoms with Crippen molar-refractivity contribution in [3.05, 3.63) is 51.5 Å². The van der Waals surface area contributed by atoms with Gasteiger partial charge in [-0.25, -0.2) is 0 Å². The number of ketones is 1. The number of aryl methyl sites for hydroxylation is 2. The number of hydrogen-bond acceptors (Lipinski definition) is 3. The molecular weight excluding hydrogens is 230 g/mol. The van der Waals surface area contributed by atoms with Gasteiger partial charge in [-0.05, 0) is 37.6 Å². The fraction of sp³-hybridized carbons (Fsp3) is 0.286. The van der Waals surface area contributed by atoms with Crippen LogP contribution in [0.5, 0.6) is 0 Å². The first-order valence-electron chi connectivity index (χ1n) is 5.72. The number of carbonyl (C=O) groups is 1. The molecule has 0 bridgehead atoms. The molecule has 0 fully saturated rings. The van der Waals surface area contributed by atoms with Crippen molar-refractivity contribution in [1.29, 1.82) is 0 Å². The fourth-order valence-electron chi connectivity index (χ4n) is 1.69. The molecule has 0 unspecified atom stereocenters. The van der Waals surface area contributed by atoms with Gasteiger partial charge in [0.05, 0.1) is 0 Å². The number of nitrogens with zero attached hydrogens (tertiary/aromatic N) is 1. The topological polar surface area (TPSA) is 30.0 Å². The molecule has 0 radical (unpaired) electrons. The van der Waals surface area contributed by atoms with Gasteiger partial charge in [-0.3, -0.25) is 9.78 Å². The van der Waals surface area contributed by atoms with Crippen LogP contribution in [0.1, 0.15) is 32.7 Å². The van der Waals surface area contributed by atoms with Crippen LogP contribution in [0.25, 0.3) is 0 Å². The number of rotatable bonds is 4. The van der Waals surface area contributed by atoms with Gasteiger partial charge in [-0.1, -0.05) is 6.92 Å². The Morgan fingerprint density at radius 1 is 1.29 bits per heavy atom. The summed E-state index contributed by atoms with van der Waals surface area (Å²) in [5.74, 6) is 0.167. The minimum atomic E-state index is 0.167. The van der Waals surface area contributed by atoms with E-state index >= 15 is 0 Å². The Labute approximate surface area is 105 Å². The summed E-state index contributed by atoms with van der Waals surface area (Å²) in [6.07, 6.45) is 3.22. The summed E-state index contributed by atoms with van der Waals surface area (Å²) in [6.45, 7) is 4.03. The third kappa shape index (κ3) is 3.01. The molecular formula is C14H15NOS. The summed E-state index contributed by atoms with van der Waals surface area (Å²) in [5.41, 5.74) is 1.64. The maximum absolute atomic E-state index is 12.0. The second kappa shape index (κ2) is 5.23. The molecule has 0 N–H and O–H groups in total. The van der Waals surface area contributed by atoms with Gasteiger partial charge in [0, 0.05) is 33.6 Å². The Balaban J connectivity index is 2.11. The van der Waals surface area contributed by atoms with Gasteiger partial charge < -0.3 is 0 Å². The lowest BCUT2D eigenvalue weighted by atomic mass is 10.1. The van der Waals surface area contributed by atoms with Crippen LogP contribution in [-0.2, 0) is 12.8 Å². The largest absolute Gasteiger partial charge is 0.294 e. The first kappa shape index (κ1) is 12.0. The lowest BCUT2D eigenvalue weighted by Crippen LogP contribution is -2.02. The summed E-state index contributed by atoms with van der Waals surface area (Å²) in [4.78, 5) is 18.6. The van der Waals surface area contributed by atoms with E-state index in [9.17, 15) is 4.79 Å². The van der Waals surface area contributed by atoms with Crippen molar-refractivity contribution in [3.8, 4) is 0 Å². The molecule has 2 aromatic heterocycles. The minimum absolute atomic E-state index is 0.167. The van der Waals surface area contributed by atoms with Crippen LogP contribution >= 0.6 is 11.3 Å². The molecule has 2 nitrogen and oxygen atoms in total. The van der Waals surface area contributed by atoms with Crippen LogP contribution in [0.4, 0.5) is 0 Å². The molecule has 2 aromatic rings. The maximum atomic E-state index is 12.0. The van der Waals surface area contributed by atoms with Gasteiger partial charge in [0.15, 0.2) is 5.78 Å². The lowest BCUT2D eigenvalue weighted by Gasteiger charge is -2.00. The van der Waals surface area contributed by atoms with Crippen molar-refractivity contribution in [3.63, 3.8) is 0 Å². The highest BCUT2D eigenvalue weighted by atomic mass is 32.1. The molecule has 0 aliphatic carbocycles. The summed E-state index contributed by atoms with van der Waals surface area (Å²) in [6, 6.07) is 7.78. The Morgan fingerprint density at radius 3 is 2.71 bits per heavy atom. The number of hydrogen-bond donors (Lipinski definition) is 0. The lowest BCUT2D eigenvalue weighted by molar-refractivity contribution is 0.0993. The molecule has 0 amide bonds. The van der Waals surface area contributed by atoms with E-state index in [1.54, 1.807) is 23.6 Å². The number of Topliss-reactive ketones (excluding diaryl/α,β-unsaturated/α-hetero) is 1. The molecule has 0 saturated heterocycles. The maximum Gasteiger partial charge on any atom is 0.168 e. The highest BCUT2D eigenvalue weighted by Gasteiger charge is 2.09. The number of carbonyl (C=O) groups excluding carboxylic acids is 1. The van der Waals surface area contributed by atoms with Crippen molar-refractivity contribution in [2.24, 2.45) is 0 Å². The minimum Gasteiger partial charge on any atom is -0.294 e. The van der Waals surface area contributed by atoms with Gasteiger partial charge >= 0.3 is 0 Å². The normalized spacial score (nSPS) is 10.5. The molecule has 0 aromatic carbocycles. The zero-order chi connectivity index (χ0) is 12.3. The van der Waals surface area contributed by atoms with Crippen molar-refractivity contribution in [2.75, 3.05) is 0 Å². The van der Waals surface area contributed by atoms with Crippen molar-refractivity contribution >= 4 is 17.1 Å². The Bertz CT molecular complexity index is 531. The third-order valence-corrected chi connectivity index (χ3v) is 3.85. The van der Waals surface area contributed by atoms with Crippen LogP contribution in [0.2, 0.25) is 0 Å². The van der Waals surface area contributed by atoms with Gasteiger partial charge in [-0.15, -0.1) is 11.3 Å². The fourth-order valence-corrected chi connectivity index (χ4v) is 2.64. The van der Waals surface area contributed by atoms with Crippen LogP contribution < -0.4 is 0 Å². The summed E-state index contributed by atoms with van der Waals surface area (Å²) >= 11 is 1.72. The van der Waals surface area contributed by atoms with E-state index in [4.69, 9.17) is 0 Å². The van der Waals surface area contributed by atoms with E-state index < -0.39 is 0 Å². The van der Waals surface area contributed by atoms with E-state index in [1.165, 1.54) is 4.88 Å². The average molecular weight is 245 g/mol. The van der Waals surface area contributed by atoms with Crippen LogP contribution in [0, 0.1) is 6.92 Å². The molecule has 2 rings (SSSR count). The molecule has 0 aliphatic heterocycles. The Hall–Kier alpha value is -1.48. The summed E-state index contributed by atoms with van der Waals surface area (Å²) in [7, 11) is 0. The molecule has 17 heavy (non-hydrogen) atoms. The average Bonchev–Trinajstić information content (AvgIpc) is 2.77.